The minimum absolute atomic E-state index is 0.284. The summed E-state index contributed by atoms with van der Waals surface area (Å²) in [5, 5.41) is 7.85. The van der Waals surface area contributed by atoms with Gasteiger partial charge in [-0.05, 0) is 55.8 Å². The minimum Gasteiger partial charge on any atom is -0.497 e. The van der Waals surface area contributed by atoms with Gasteiger partial charge in [0.2, 0.25) is 5.82 Å². The number of hydrogen-bond donors (Lipinski definition) is 1. The molecule has 0 saturated carbocycles. The summed E-state index contributed by atoms with van der Waals surface area (Å²) in [6.45, 7) is 3.87. The molecule has 1 unspecified atom stereocenters. The number of benzene rings is 3. The molecule has 1 aliphatic heterocycles. The first-order valence-electron chi connectivity index (χ1n) is 11.1. The van der Waals surface area contributed by atoms with Gasteiger partial charge in [0.15, 0.2) is 0 Å². The fourth-order valence-electron chi connectivity index (χ4n) is 4.23. The van der Waals surface area contributed by atoms with Crippen LogP contribution in [0.5, 0.6) is 5.75 Å². The normalized spacial score (nSPS) is 15.8. The molecule has 0 radical (unpaired) electrons. The number of hydrogen-bond acceptors (Lipinski definition) is 5. The summed E-state index contributed by atoms with van der Waals surface area (Å²) >= 11 is 6.22. The molecule has 8 heteroatoms. The molecule has 1 N–H and O–H groups in total. The van der Waals surface area contributed by atoms with E-state index in [0.717, 1.165) is 22.4 Å². The predicted molar refractivity (Wildman–Crippen MR) is 135 cm³/mol. The van der Waals surface area contributed by atoms with E-state index in [1.165, 1.54) is 0 Å². The van der Waals surface area contributed by atoms with Gasteiger partial charge < -0.3 is 14.6 Å². The number of aryl methyl sites for hydroxylation is 1. The Morgan fingerprint density at radius 1 is 1.03 bits per heavy atom. The first-order chi connectivity index (χ1) is 16.9. The molecule has 2 amide bonds. The highest BCUT2D eigenvalue weighted by molar-refractivity contribution is 6.31. The lowest BCUT2D eigenvalue weighted by molar-refractivity contribution is 0.244. The molecule has 176 valence electrons. The number of nitrogens with zero attached hydrogens (tertiary/aromatic N) is 3. The maximum absolute atomic E-state index is 13.3. The molecular weight excluding hydrogens is 464 g/mol. The molecule has 35 heavy (non-hydrogen) atoms. The van der Waals surface area contributed by atoms with E-state index in [-0.39, 0.29) is 6.03 Å². The van der Waals surface area contributed by atoms with E-state index in [0.29, 0.717) is 33.7 Å². The zero-order valence-corrected chi connectivity index (χ0v) is 20.2. The van der Waals surface area contributed by atoms with Crippen molar-refractivity contribution in [3.05, 3.63) is 101 Å². The van der Waals surface area contributed by atoms with Gasteiger partial charge in [0.25, 0.3) is 5.89 Å². The van der Waals surface area contributed by atoms with Crippen LogP contribution in [0.25, 0.3) is 17.0 Å². The average molecular weight is 487 g/mol. The predicted octanol–water partition coefficient (Wildman–Crippen LogP) is 6.41. The van der Waals surface area contributed by atoms with Crippen LogP contribution in [0.15, 0.2) is 83.0 Å². The van der Waals surface area contributed by atoms with Gasteiger partial charge in [-0.15, -0.1) is 0 Å². The van der Waals surface area contributed by atoms with Crippen molar-refractivity contribution in [1.29, 1.82) is 0 Å². The highest BCUT2D eigenvalue weighted by Crippen LogP contribution is 2.39. The number of urea groups is 1. The molecule has 1 aromatic heterocycles. The lowest BCUT2D eigenvalue weighted by atomic mass is 9.94. The number of rotatable bonds is 5. The van der Waals surface area contributed by atoms with Crippen molar-refractivity contribution < 1.29 is 14.1 Å². The summed E-state index contributed by atoms with van der Waals surface area (Å²) in [7, 11) is 1.61. The molecule has 3 aromatic carbocycles. The molecule has 2 heterocycles. The molecule has 1 aliphatic rings. The van der Waals surface area contributed by atoms with Crippen LogP contribution < -0.4 is 15.0 Å². The second-order valence-corrected chi connectivity index (χ2v) is 8.70. The van der Waals surface area contributed by atoms with Gasteiger partial charge in [-0.2, -0.15) is 4.98 Å². The van der Waals surface area contributed by atoms with E-state index in [9.17, 15) is 4.79 Å². The Morgan fingerprint density at radius 3 is 2.51 bits per heavy atom. The minimum atomic E-state index is -0.505. The number of allylic oxidation sites excluding steroid dienone is 1. The summed E-state index contributed by atoms with van der Waals surface area (Å²) in [6, 6.07) is 21.7. The smallest absolute Gasteiger partial charge is 0.326 e. The molecule has 0 aliphatic carbocycles. The van der Waals surface area contributed by atoms with Gasteiger partial charge >= 0.3 is 6.03 Å². The van der Waals surface area contributed by atoms with E-state index in [1.807, 2.05) is 68.4 Å². The summed E-state index contributed by atoms with van der Waals surface area (Å²) in [6.07, 6.45) is 0. The number of aromatic nitrogens is 2. The highest BCUT2D eigenvalue weighted by Gasteiger charge is 2.36. The Hall–Kier alpha value is -4.10. The van der Waals surface area contributed by atoms with Crippen molar-refractivity contribution in [3.8, 4) is 17.1 Å². The number of ether oxygens (including phenoxy) is 1. The van der Waals surface area contributed by atoms with Crippen molar-refractivity contribution in [1.82, 2.24) is 15.5 Å². The van der Waals surface area contributed by atoms with Crippen molar-refractivity contribution in [2.45, 2.75) is 19.9 Å². The standard InChI is InChI=1S/C27H23ClN4O3/c1-16-6-4-7-19(14-16)25-30-26(35-31-25)23-17(2)32(21-9-5-8-20(28)15-21)27(33)29-24(23)18-10-12-22(34-3)13-11-18/h4-15,24H,1-3H3,(H,29,33). The quantitative estimate of drug-likeness (QED) is 0.352. The molecular formula is C27H23ClN4O3. The van der Waals surface area contributed by atoms with Gasteiger partial charge in [0.1, 0.15) is 5.75 Å². The number of halogens is 1. The third-order valence-electron chi connectivity index (χ3n) is 5.93. The Kier molecular flexibility index (Phi) is 6.01. The topological polar surface area (TPSA) is 80.5 Å². The maximum atomic E-state index is 13.3. The SMILES string of the molecule is COc1ccc(C2NC(=O)N(c3cccc(Cl)c3)C(C)=C2c2nc(-c3cccc(C)c3)no2)cc1. The second kappa shape index (κ2) is 9.27. The molecule has 0 saturated heterocycles. The summed E-state index contributed by atoms with van der Waals surface area (Å²) < 4.78 is 11.1. The van der Waals surface area contributed by atoms with Crippen LogP contribution in [0.3, 0.4) is 0 Å². The molecule has 1 atom stereocenters. The number of nitrogens with one attached hydrogen (secondary N) is 1. The van der Waals surface area contributed by atoms with Crippen LogP contribution in [0, 0.1) is 6.92 Å². The first kappa shape index (κ1) is 22.7. The maximum Gasteiger partial charge on any atom is 0.326 e. The fraction of sp³-hybridized carbons (Fsp3) is 0.148. The Labute approximate surface area is 208 Å². The third kappa shape index (κ3) is 4.38. The van der Waals surface area contributed by atoms with Crippen LogP contribution >= 0.6 is 11.6 Å². The Balaban J connectivity index is 1.65. The van der Waals surface area contributed by atoms with E-state index in [2.05, 4.69) is 10.5 Å². The fourth-order valence-corrected chi connectivity index (χ4v) is 4.41. The lowest BCUT2D eigenvalue weighted by Crippen LogP contribution is -2.46. The van der Waals surface area contributed by atoms with E-state index in [1.54, 1.807) is 30.2 Å². The molecule has 5 rings (SSSR count). The number of methoxy groups -OCH3 is 1. The van der Waals surface area contributed by atoms with Crippen LogP contribution in [-0.4, -0.2) is 23.3 Å². The number of amides is 2. The van der Waals surface area contributed by atoms with Crippen molar-refractivity contribution >= 4 is 28.9 Å². The summed E-state index contributed by atoms with van der Waals surface area (Å²) in [5.41, 5.74) is 4.80. The first-order valence-corrected chi connectivity index (χ1v) is 11.4. The van der Waals surface area contributed by atoms with Gasteiger partial charge in [0.05, 0.1) is 24.4 Å². The van der Waals surface area contributed by atoms with Crippen LogP contribution in [0.1, 0.15) is 30.0 Å². The van der Waals surface area contributed by atoms with E-state index >= 15 is 0 Å². The number of anilines is 1. The van der Waals surface area contributed by atoms with Gasteiger partial charge in [-0.3, -0.25) is 4.90 Å². The van der Waals surface area contributed by atoms with Gasteiger partial charge in [0, 0.05) is 16.3 Å². The number of carbonyl (C=O) groups excluding carboxylic acids is 1. The molecule has 0 spiro atoms. The van der Waals surface area contributed by atoms with Crippen LogP contribution in [-0.2, 0) is 0 Å². The number of carbonyl (C=O) groups is 1. The Bertz CT molecular complexity index is 1430. The highest BCUT2D eigenvalue weighted by atomic mass is 35.5. The largest absolute Gasteiger partial charge is 0.497 e. The average Bonchev–Trinajstić information content (AvgIpc) is 3.34. The second-order valence-electron chi connectivity index (χ2n) is 8.26. The lowest BCUT2D eigenvalue weighted by Gasteiger charge is -2.35. The third-order valence-corrected chi connectivity index (χ3v) is 6.17. The molecule has 7 nitrogen and oxygen atoms in total. The van der Waals surface area contributed by atoms with Crippen LogP contribution in [0.4, 0.5) is 10.5 Å². The summed E-state index contributed by atoms with van der Waals surface area (Å²) in [4.78, 5) is 19.6. The Morgan fingerprint density at radius 2 is 1.80 bits per heavy atom. The van der Waals surface area contributed by atoms with E-state index in [4.69, 9.17) is 25.8 Å². The van der Waals surface area contributed by atoms with Crippen molar-refractivity contribution in [3.63, 3.8) is 0 Å². The monoisotopic (exact) mass is 486 g/mol. The molecule has 0 bridgehead atoms. The molecule has 0 fully saturated rings. The van der Waals surface area contributed by atoms with Crippen molar-refractivity contribution in [2.24, 2.45) is 0 Å². The zero-order valence-electron chi connectivity index (χ0n) is 19.4. The van der Waals surface area contributed by atoms with Gasteiger partial charge in [-0.25, -0.2) is 4.79 Å². The van der Waals surface area contributed by atoms with Gasteiger partial charge in [-0.1, -0.05) is 58.7 Å². The van der Waals surface area contributed by atoms with Crippen LogP contribution in [0.2, 0.25) is 5.02 Å². The zero-order chi connectivity index (χ0) is 24.5. The van der Waals surface area contributed by atoms with Crippen molar-refractivity contribution in [2.75, 3.05) is 12.0 Å². The van der Waals surface area contributed by atoms with E-state index < -0.39 is 6.04 Å². The summed E-state index contributed by atoms with van der Waals surface area (Å²) in [5.74, 6) is 1.52. The molecule has 4 aromatic rings.